The molecule has 2 N–H and O–H groups in total. The van der Waals surface area contributed by atoms with E-state index in [0.29, 0.717) is 39.4 Å². The first-order chi connectivity index (χ1) is 12.6. The van der Waals surface area contributed by atoms with Crippen molar-refractivity contribution in [2.45, 2.75) is 37.8 Å². The Morgan fingerprint density at radius 1 is 1.31 bits per heavy atom. The van der Waals surface area contributed by atoms with Crippen LogP contribution < -0.4 is 5.32 Å². The molecule has 26 heavy (non-hydrogen) atoms. The van der Waals surface area contributed by atoms with Crippen LogP contribution in [0.15, 0.2) is 24.3 Å². The van der Waals surface area contributed by atoms with Crippen molar-refractivity contribution in [3.05, 3.63) is 29.8 Å². The van der Waals surface area contributed by atoms with Crippen molar-refractivity contribution in [3.8, 4) is 0 Å². The molecule has 0 unspecified atom stereocenters. The van der Waals surface area contributed by atoms with Gasteiger partial charge in [-0.2, -0.15) is 0 Å². The summed E-state index contributed by atoms with van der Waals surface area (Å²) in [5, 5.41) is 14.4. The molecule has 6 nitrogen and oxygen atoms in total. The van der Waals surface area contributed by atoms with Crippen molar-refractivity contribution in [3.63, 3.8) is 0 Å². The summed E-state index contributed by atoms with van der Waals surface area (Å²) in [5.74, 6) is -0.113. The fourth-order valence-electron chi connectivity index (χ4n) is 4.83. The summed E-state index contributed by atoms with van der Waals surface area (Å²) in [6.45, 7) is 4.82. The standard InChI is InChI=1S/C20H28N2O4/c1-2-14-5-3-4-6-17(14)21-19(23)22-11-15-12-26-10-8-20(15,24)16-13-25-9-7-18(16)22/h3-6,15-16,18,24H,2,7-13H2,1H3,(H,21,23)/t15-,16+,18-,20-/m1/s1. The van der Waals surface area contributed by atoms with E-state index in [4.69, 9.17) is 9.47 Å². The number of aryl methyl sites for hydroxylation is 1. The zero-order chi connectivity index (χ0) is 18.1. The molecule has 4 rings (SSSR count). The number of aliphatic hydroxyl groups is 1. The van der Waals surface area contributed by atoms with Gasteiger partial charge in [-0.05, 0) is 24.5 Å². The molecule has 4 atom stereocenters. The minimum absolute atomic E-state index is 0.0110. The maximum atomic E-state index is 13.1. The highest BCUT2D eigenvalue weighted by molar-refractivity contribution is 5.90. The van der Waals surface area contributed by atoms with E-state index in [2.05, 4.69) is 12.2 Å². The SMILES string of the molecule is CCc1ccccc1NC(=O)N1C[C@@H]2COCC[C@]2(O)[C@H]2COCC[C@H]21. The van der Waals surface area contributed by atoms with E-state index in [0.717, 1.165) is 24.1 Å². The van der Waals surface area contributed by atoms with Crippen LogP contribution in [0.2, 0.25) is 0 Å². The van der Waals surface area contributed by atoms with E-state index in [1.165, 1.54) is 0 Å². The third kappa shape index (κ3) is 3.00. The lowest BCUT2D eigenvalue weighted by Crippen LogP contribution is -2.69. The van der Waals surface area contributed by atoms with Gasteiger partial charge >= 0.3 is 6.03 Å². The smallest absolute Gasteiger partial charge is 0.322 e. The summed E-state index contributed by atoms with van der Waals surface area (Å²) in [4.78, 5) is 15.0. The van der Waals surface area contributed by atoms with E-state index >= 15 is 0 Å². The van der Waals surface area contributed by atoms with Crippen LogP contribution in [-0.2, 0) is 15.9 Å². The van der Waals surface area contributed by atoms with Crippen LogP contribution in [0.3, 0.4) is 0 Å². The van der Waals surface area contributed by atoms with Crippen LogP contribution in [0.1, 0.15) is 25.3 Å². The van der Waals surface area contributed by atoms with Gasteiger partial charge in [0, 0.05) is 49.7 Å². The number of nitrogens with zero attached hydrogens (tertiary/aromatic N) is 1. The molecule has 1 aromatic rings. The van der Waals surface area contributed by atoms with E-state index in [1.54, 1.807) is 0 Å². The van der Waals surface area contributed by atoms with Crippen molar-refractivity contribution in [2.24, 2.45) is 11.8 Å². The topological polar surface area (TPSA) is 71.0 Å². The Morgan fingerprint density at radius 3 is 2.96 bits per heavy atom. The first-order valence-corrected chi connectivity index (χ1v) is 9.67. The summed E-state index contributed by atoms with van der Waals surface area (Å²) in [6.07, 6.45) is 2.26. The molecule has 6 heteroatoms. The molecule has 3 saturated heterocycles. The van der Waals surface area contributed by atoms with Gasteiger partial charge in [-0.15, -0.1) is 0 Å². The highest BCUT2D eigenvalue weighted by Crippen LogP contribution is 2.44. The quantitative estimate of drug-likeness (QED) is 0.849. The largest absolute Gasteiger partial charge is 0.389 e. The number of ether oxygens (including phenoxy) is 2. The molecule has 2 amide bonds. The van der Waals surface area contributed by atoms with Crippen molar-refractivity contribution in [2.75, 3.05) is 38.3 Å². The number of carbonyl (C=O) groups excluding carboxylic acids is 1. The number of hydrogen-bond donors (Lipinski definition) is 2. The minimum atomic E-state index is -0.790. The number of anilines is 1. The van der Waals surface area contributed by atoms with E-state index in [1.807, 2.05) is 29.2 Å². The number of urea groups is 1. The van der Waals surface area contributed by atoms with Crippen LogP contribution in [0.5, 0.6) is 0 Å². The maximum absolute atomic E-state index is 13.1. The minimum Gasteiger partial charge on any atom is -0.389 e. The highest BCUT2D eigenvalue weighted by Gasteiger charge is 2.56. The monoisotopic (exact) mass is 360 g/mol. The molecule has 0 bridgehead atoms. The Morgan fingerprint density at radius 2 is 2.12 bits per heavy atom. The van der Waals surface area contributed by atoms with Crippen LogP contribution in [0.25, 0.3) is 0 Å². The average Bonchev–Trinajstić information content (AvgIpc) is 2.68. The first kappa shape index (κ1) is 17.8. The van der Waals surface area contributed by atoms with Gasteiger partial charge < -0.3 is 24.8 Å². The van der Waals surface area contributed by atoms with Gasteiger partial charge in [0.2, 0.25) is 0 Å². The molecule has 1 aromatic carbocycles. The van der Waals surface area contributed by atoms with Crippen molar-refractivity contribution < 1.29 is 19.4 Å². The Labute approximate surface area is 154 Å². The summed E-state index contributed by atoms with van der Waals surface area (Å²) in [5.41, 5.74) is 1.20. The Kier molecular flexibility index (Phi) is 4.90. The normalized spacial score (nSPS) is 33.9. The number of nitrogens with one attached hydrogen (secondary N) is 1. The molecule has 3 fully saturated rings. The van der Waals surface area contributed by atoms with Crippen LogP contribution in [0, 0.1) is 11.8 Å². The van der Waals surface area contributed by atoms with E-state index in [-0.39, 0.29) is 23.9 Å². The molecule has 0 spiro atoms. The van der Waals surface area contributed by atoms with Crippen LogP contribution >= 0.6 is 0 Å². The number of amides is 2. The van der Waals surface area contributed by atoms with Crippen molar-refractivity contribution in [1.29, 1.82) is 0 Å². The van der Waals surface area contributed by atoms with E-state index < -0.39 is 5.60 Å². The Bertz CT molecular complexity index is 667. The first-order valence-electron chi connectivity index (χ1n) is 9.67. The fourth-order valence-corrected chi connectivity index (χ4v) is 4.83. The number of likely N-dealkylation sites (tertiary alicyclic amines) is 1. The molecular formula is C20H28N2O4. The van der Waals surface area contributed by atoms with Crippen molar-refractivity contribution in [1.82, 2.24) is 4.90 Å². The predicted octanol–water partition coefficient (Wildman–Crippen LogP) is 2.27. The second-order valence-corrected chi connectivity index (χ2v) is 7.64. The van der Waals surface area contributed by atoms with Gasteiger partial charge in [0.1, 0.15) is 0 Å². The molecule has 0 radical (unpaired) electrons. The van der Waals surface area contributed by atoms with Gasteiger partial charge in [-0.1, -0.05) is 25.1 Å². The molecule has 3 heterocycles. The second-order valence-electron chi connectivity index (χ2n) is 7.64. The Hall–Kier alpha value is -1.63. The van der Waals surface area contributed by atoms with Gasteiger partial charge in [0.25, 0.3) is 0 Å². The third-order valence-corrected chi connectivity index (χ3v) is 6.35. The summed E-state index contributed by atoms with van der Waals surface area (Å²) in [7, 11) is 0. The maximum Gasteiger partial charge on any atom is 0.322 e. The van der Waals surface area contributed by atoms with Crippen LogP contribution in [-0.4, -0.2) is 60.7 Å². The number of hydrogen-bond acceptors (Lipinski definition) is 4. The lowest BCUT2D eigenvalue weighted by Gasteiger charge is -2.56. The van der Waals surface area contributed by atoms with E-state index in [9.17, 15) is 9.90 Å². The number of rotatable bonds is 2. The lowest BCUT2D eigenvalue weighted by molar-refractivity contribution is -0.211. The number of fused-ring (bicyclic) bond motifs is 3. The highest BCUT2D eigenvalue weighted by atomic mass is 16.5. The lowest BCUT2D eigenvalue weighted by atomic mass is 9.66. The number of carbonyl (C=O) groups is 1. The number of para-hydroxylation sites is 1. The summed E-state index contributed by atoms with van der Waals surface area (Å²) in [6, 6.07) is 7.84. The molecular weight excluding hydrogens is 332 g/mol. The molecule has 3 aliphatic heterocycles. The van der Waals surface area contributed by atoms with Crippen molar-refractivity contribution >= 4 is 11.7 Å². The molecule has 3 aliphatic rings. The summed E-state index contributed by atoms with van der Waals surface area (Å²) < 4.78 is 11.3. The summed E-state index contributed by atoms with van der Waals surface area (Å²) >= 11 is 0. The second kappa shape index (κ2) is 7.18. The number of piperidine rings is 1. The molecule has 0 aliphatic carbocycles. The van der Waals surface area contributed by atoms with Gasteiger partial charge in [0.15, 0.2) is 0 Å². The Balaban J connectivity index is 1.58. The van der Waals surface area contributed by atoms with Gasteiger partial charge in [-0.25, -0.2) is 4.79 Å². The third-order valence-electron chi connectivity index (χ3n) is 6.35. The predicted molar refractivity (Wildman–Crippen MR) is 98.1 cm³/mol. The van der Waals surface area contributed by atoms with Gasteiger partial charge in [0.05, 0.1) is 18.8 Å². The fraction of sp³-hybridized carbons (Fsp3) is 0.650. The van der Waals surface area contributed by atoms with Gasteiger partial charge in [-0.3, -0.25) is 0 Å². The average molecular weight is 360 g/mol. The molecule has 142 valence electrons. The molecule has 0 saturated carbocycles. The molecule has 0 aromatic heterocycles. The zero-order valence-corrected chi connectivity index (χ0v) is 15.3. The zero-order valence-electron chi connectivity index (χ0n) is 15.3. The number of benzene rings is 1. The van der Waals surface area contributed by atoms with Crippen LogP contribution in [0.4, 0.5) is 10.5 Å².